The van der Waals surface area contributed by atoms with E-state index in [1.165, 1.54) is 18.2 Å². The van der Waals surface area contributed by atoms with Crippen LogP contribution >= 0.6 is 0 Å². The Kier molecular flexibility index (Phi) is 3.78. The topological polar surface area (TPSA) is 87.7 Å². The molecule has 0 aliphatic carbocycles. The number of aliphatic hydroxyl groups is 1. The molecule has 128 valence electrons. The molecule has 4 aromatic rings. The smallest absolute Gasteiger partial charge is 0.335 e. The second kappa shape index (κ2) is 6.13. The fourth-order valence-corrected chi connectivity index (χ4v) is 3.00. The molecule has 0 amide bonds. The number of carbonyl (C=O) groups is 1. The lowest BCUT2D eigenvalue weighted by Gasteiger charge is -2.12. The van der Waals surface area contributed by atoms with Crippen molar-refractivity contribution < 1.29 is 19.4 Å². The fourth-order valence-electron chi connectivity index (χ4n) is 3.00. The zero-order valence-corrected chi connectivity index (χ0v) is 13.5. The van der Waals surface area contributed by atoms with E-state index in [4.69, 9.17) is 9.52 Å². The largest absolute Gasteiger partial charge is 0.478 e. The van der Waals surface area contributed by atoms with Gasteiger partial charge in [0.2, 0.25) is 5.43 Å². The van der Waals surface area contributed by atoms with Crippen LogP contribution in [0.25, 0.3) is 21.9 Å². The molecule has 2 N–H and O–H groups in total. The molecule has 5 heteroatoms. The number of benzene rings is 3. The molecule has 1 heterocycles. The molecule has 5 nitrogen and oxygen atoms in total. The van der Waals surface area contributed by atoms with Gasteiger partial charge in [0.25, 0.3) is 0 Å². The molecule has 0 aliphatic heterocycles. The van der Waals surface area contributed by atoms with Crippen molar-refractivity contribution in [1.29, 1.82) is 0 Å². The number of carboxylic acids is 1. The molecule has 1 atom stereocenters. The minimum Gasteiger partial charge on any atom is -0.478 e. The van der Waals surface area contributed by atoms with Gasteiger partial charge < -0.3 is 14.6 Å². The predicted octanol–water partition coefficient (Wildman–Crippen LogP) is 3.73. The number of hydrogen-bond acceptors (Lipinski definition) is 4. The van der Waals surface area contributed by atoms with Crippen molar-refractivity contribution in [2.75, 3.05) is 0 Å². The number of hydrogen-bond donors (Lipinski definition) is 2. The van der Waals surface area contributed by atoms with Crippen molar-refractivity contribution >= 4 is 27.9 Å². The number of rotatable bonds is 3. The van der Waals surface area contributed by atoms with Crippen molar-refractivity contribution in [2.45, 2.75) is 6.10 Å². The molecule has 0 aliphatic rings. The quantitative estimate of drug-likeness (QED) is 0.552. The van der Waals surface area contributed by atoms with Gasteiger partial charge in [-0.05, 0) is 41.5 Å². The Morgan fingerprint density at radius 2 is 1.62 bits per heavy atom. The Labute approximate surface area is 147 Å². The highest BCUT2D eigenvalue weighted by Gasteiger charge is 2.15. The number of aliphatic hydroxyl groups excluding tert-OH is 1. The standard InChI is InChI=1S/C21H14O5/c22-19(12-4-2-1-3-5-12)13-6-8-15-18(11-13)26-17-9-7-14(21(24)25)10-16(17)20(15)23/h1-11,19,22H,(H,24,25). The highest BCUT2D eigenvalue weighted by Crippen LogP contribution is 2.26. The first kappa shape index (κ1) is 16.1. The third kappa shape index (κ3) is 2.64. The van der Waals surface area contributed by atoms with Crippen LogP contribution in [0.1, 0.15) is 27.6 Å². The molecule has 1 unspecified atom stereocenters. The van der Waals surface area contributed by atoms with Gasteiger partial charge in [-0.3, -0.25) is 4.79 Å². The van der Waals surface area contributed by atoms with Gasteiger partial charge in [-0.1, -0.05) is 36.4 Å². The highest BCUT2D eigenvalue weighted by molar-refractivity contribution is 5.96. The molecule has 0 saturated heterocycles. The van der Waals surface area contributed by atoms with Crippen molar-refractivity contribution in [1.82, 2.24) is 0 Å². The lowest BCUT2D eigenvalue weighted by Crippen LogP contribution is -2.06. The van der Waals surface area contributed by atoms with Gasteiger partial charge in [0.05, 0.1) is 16.3 Å². The van der Waals surface area contributed by atoms with E-state index in [1.807, 2.05) is 30.3 Å². The molecule has 0 spiro atoms. The van der Waals surface area contributed by atoms with Crippen molar-refractivity contribution in [3.63, 3.8) is 0 Å². The minimum absolute atomic E-state index is 0.0280. The SMILES string of the molecule is O=C(O)c1ccc2oc3cc(C(O)c4ccccc4)ccc3c(=O)c2c1. The maximum atomic E-state index is 12.7. The molecular weight excluding hydrogens is 332 g/mol. The van der Waals surface area contributed by atoms with Crippen molar-refractivity contribution in [2.24, 2.45) is 0 Å². The van der Waals surface area contributed by atoms with Crippen LogP contribution in [-0.2, 0) is 0 Å². The number of aromatic carboxylic acids is 1. The number of fused-ring (bicyclic) bond motifs is 2. The number of carboxylic acid groups (broad SMARTS) is 1. The summed E-state index contributed by atoms with van der Waals surface area (Å²) in [4.78, 5) is 23.8. The molecule has 0 fully saturated rings. The van der Waals surface area contributed by atoms with Crippen LogP contribution in [-0.4, -0.2) is 16.2 Å². The zero-order chi connectivity index (χ0) is 18.3. The second-order valence-electron chi connectivity index (χ2n) is 6.02. The van der Waals surface area contributed by atoms with Crippen LogP contribution in [0, 0.1) is 0 Å². The van der Waals surface area contributed by atoms with Gasteiger partial charge in [0, 0.05) is 0 Å². The van der Waals surface area contributed by atoms with Crippen LogP contribution in [0.15, 0.2) is 75.9 Å². The van der Waals surface area contributed by atoms with E-state index in [0.29, 0.717) is 22.1 Å². The van der Waals surface area contributed by atoms with Crippen LogP contribution in [0.2, 0.25) is 0 Å². The molecule has 0 bridgehead atoms. The Morgan fingerprint density at radius 3 is 2.35 bits per heavy atom. The summed E-state index contributed by atoms with van der Waals surface area (Å²) in [5.74, 6) is -1.10. The summed E-state index contributed by atoms with van der Waals surface area (Å²) in [6, 6.07) is 18.3. The van der Waals surface area contributed by atoms with Crippen LogP contribution < -0.4 is 5.43 Å². The molecule has 0 radical (unpaired) electrons. The van der Waals surface area contributed by atoms with Gasteiger partial charge in [0.15, 0.2) is 0 Å². The minimum atomic E-state index is -1.10. The van der Waals surface area contributed by atoms with Gasteiger partial charge in [0.1, 0.15) is 17.3 Å². The Balaban J connectivity index is 1.89. The molecule has 3 aromatic carbocycles. The first-order valence-electron chi connectivity index (χ1n) is 8.01. The normalized spacial score (nSPS) is 12.3. The van der Waals surface area contributed by atoms with E-state index in [1.54, 1.807) is 18.2 Å². The second-order valence-corrected chi connectivity index (χ2v) is 6.02. The van der Waals surface area contributed by atoms with E-state index >= 15 is 0 Å². The summed E-state index contributed by atoms with van der Waals surface area (Å²) in [5.41, 5.74) is 1.72. The third-order valence-electron chi connectivity index (χ3n) is 4.37. The van der Waals surface area contributed by atoms with Crippen LogP contribution in [0.4, 0.5) is 0 Å². The average molecular weight is 346 g/mol. The Hall–Kier alpha value is -3.44. The summed E-state index contributed by atoms with van der Waals surface area (Å²) in [6.07, 6.45) is -0.837. The summed E-state index contributed by atoms with van der Waals surface area (Å²) in [7, 11) is 0. The van der Waals surface area contributed by atoms with Crippen LogP contribution in [0.3, 0.4) is 0 Å². The van der Waals surface area contributed by atoms with E-state index in [2.05, 4.69) is 0 Å². The van der Waals surface area contributed by atoms with Gasteiger partial charge in [-0.2, -0.15) is 0 Å². The molecule has 0 saturated carbocycles. The molecule has 1 aromatic heterocycles. The average Bonchev–Trinajstić information content (AvgIpc) is 2.67. The first-order valence-corrected chi connectivity index (χ1v) is 8.01. The van der Waals surface area contributed by atoms with Crippen molar-refractivity contribution in [3.05, 3.63) is 93.6 Å². The maximum absolute atomic E-state index is 12.7. The molecule has 26 heavy (non-hydrogen) atoms. The highest BCUT2D eigenvalue weighted by atomic mass is 16.4. The lowest BCUT2D eigenvalue weighted by molar-refractivity contribution is 0.0697. The predicted molar refractivity (Wildman–Crippen MR) is 97.5 cm³/mol. The monoisotopic (exact) mass is 346 g/mol. The summed E-state index contributed by atoms with van der Waals surface area (Å²) in [5, 5.41) is 20.2. The van der Waals surface area contributed by atoms with E-state index in [9.17, 15) is 14.7 Å². The lowest BCUT2D eigenvalue weighted by atomic mass is 10.00. The van der Waals surface area contributed by atoms with E-state index in [-0.39, 0.29) is 16.4 Å². The van der Waals surface area contributed by atoms with Crippen molar-refractivity contribution in [3.8, 4) is 0 Å². The third-order valence-corrected chi connectivity index (χ3v) is 4.37. The summed E-state index contributed by atoms with van der Waals surface area (Å²) < 4.78 is 5.78. The van der Waals surface area contributed by atoms with E-state index < -0.39 is 12.1 Å². The fraction of sp³-hybridized carbons (Fsp3) is 0.0476. The molecular formula is C21H14O5. The Bertz CT molecular complexity index is 1190. The summed E-state index contributed by atoms with van der Waals surface area (Å²) in [6.45, 7) is 0. The van der Waals surface area contributed by atoms with Gasteiger partial charge >= 0.3 is 5.97 Å². The zero-order valence-electron chi connectivity index (χ0n) is 13.5. The van der Waals surface area contributed by atoms with E-state index in [0.717, 1.165) is 5.56 Å². The van der Waals surface area contributed by atoms with Crippen LogP contribution in [0.5, 0.6) is 0 Å². The van der Waals surface area contributed by atoms with Gasteiger partial charge in [-0.15, -0.1) is 0 Å². The summed E-state index contributed by atoms with van der Waals surface area (Å²) >= 11 is 0. The maximum Gasteiger partial charge on any atom is 0.335 e. The molecule has 4 rings (SSSR count). The first-order chi connectivity index (χ1) is 12.5. The van der Waals surface area contributed by atoms with Gasteiger partial charge in [-0.25, -0.2) is 4.79 Å². The Morgan fingerprint density at radius 1 is 0.846 bits per heavy atom.